The summed E-state index contributed by atoms with van der Waals surface area (Å²) >= 11 is 0. The van der Waals surface area contributed by atoms with Crippen molar-refractivity contribution >= 4 is 7.60 Å². The maximum absolute atomic E-state index is 11.7. The minimum atomic E-state index is -4.62. The van der Waals surface area contributed by atoms with Crippen molar-refractivity contribution in [1.82, 2.24) is 0 Å². The van der Waals surface area contributed by atoms with E-state index in [4.69, 9.17) is 0 Å². The highest BCUT2D eigenvalue weighted by Gasteiger charge is 2.49. The smallest absolute Gasteiger partial charge is 0.357 e. The molecule has 0 amide bonds. The molecule has 0 rings (SSSR count). The second kappa shape index (κ2) is 11.2. The summed E-state index contributed by atoms with van der Waals surface area (Å²) in [6.07, 6.45) is 11.8. The number of hydrogen-bond acceptors (Lipinski definition) is 2. The van der Waals surface area contributed by atoms with Crippen molar-refractivity contribution in [3.8, 4) is 0 Å². The van der Waals surface area contributed by atoms with Crippen LogP contribution in [0.25, 0.3) is 0 Å². The van der Waals surface area contributed by atoms with Crippen molar-refractivity contribution in [3.63, 3.8) is 0 Å². The zero-order valence-electron chi connectivity index (χ0n) is 13.9. The molecular weight excluding hydrogens is 299 g/mol. The lowest BCUT2D eigenvalue weighted by Crippen LogP contribution is -2.37. The molecule has 0 saturated heterocycles. The van der Waals surface area contributed by atoms with E-state index in [1.807, 2.05) is 0 Å². The van der Waals surface area contributed by atoms with Crippen molar-refractivity contribution in [3.05, 3.63) is 25.3 Å². The molecule has 22 heavy (non-hydrogen) atoms. The van der Waals surface area contributed by atoms with Crippen LogP contribution in [0.2, 0.25) is 0 Å². The Morgan fingerprint density at radius 2 is 1.59 bits per heavy atom. The molecular formula is C17H33O4P. The van der Waals surface area contributed by atoms with Gasteiger partial charge >= 0.3 is 7.60 Å². The molecule has 0 aromatic rings. The van der Waals surface area contributed by atoms with Gasteiger partial charge in [-0.15, -0.1) is 13.2 Å². The molecule has 0 spiro atoms. The van der Waals surface area contributed by atoms with Crippen LogP contribution >= 0.6 is 7.60 Å². The zero-order valence-corrected chi connectivity index (χ0v) is 14.8. The number of rotatable bonds is 14. The summed E-state index contributed by atoms with van der Waals surface area (Å²) in [7, 11) is -4.62. The molecule has 0 saturated carbocycles. The SMILES string of the molecule is C=CCC(CCCCCCCCC)C(O)(CC=C)P(=O)(O)O. The van der Waals surface area contributed by atoms with Crippen molar-refractivity contribution in [2.45, 2.75) is 76.5 Å². The van der Waals surface area contributed by atoms with E-state index in [1.54, 1.807) is 6.08 Å². The minimum absolute atomic E-state index is 0.105. The van der Waals surface area contributed by atoms with Gasteiger partial charge in [-0.3, -0.25) is 4.57 Å². The molecule has 0 aliphatic heterocycles. The van der Waals surface area contributed by atoms with E-state index in [2.05, 4.69) is 20.1 Å². The fourth-order valence-corrected chi connectivity index (χ4v) is 3.90. The monoisotopic (exact) mass is 332 g/mol. The van der Waals surface area contributed by atoms with Crippen LogP contribution in [0.15, 0.2) is 25.3 Å². The molecule has 0 radical (unpaired) electrons. The van der Waals surface area contributed by atoms with Crippen molar-refractivity contribution in [2.75, 3.05) is 0 Å². The summed E-state index contributed by atoms with van der Waals surface area (Å²) in [4.78, 5) is 19.1. The van der Waals surface area contributed by atoms with Crippen LogP contribution in [0.3, 0.4) is 0 Å². The lowest BCUT2D eigenvalue weighted by Gasteiger charge is -2.35. The van der Waals surface area contributed by atoms with Gasteiger partial charge in [-0.2, -0.15) is 0 Å². The van der Waals surface area contributed by atoms with Gasteiger partial charge in [0.15, 0.2) is 5.34 Å². The quantitative estimate of drug-likeness (QED) is 0.243. The van der Waals surface area contributed by atoms with Gasteiger partial charge in [-0.05, 0) is 12.8 Å². The summed E-state index contributed by atoms with van der Waals surface area (Å²) in [6, 6.07) is 0. The second-order valence-corrected chi connectivity index (χ2v) is 7.91. The van der Waals surface area contributed by atoms with E-state index in [0.29, 0.717) is 12.8 Å². The Labute approximate surface area is 135 Å². The fourth-order valence-electron chi connectivity index (χ4n) is 2.82. The Bertz CT molecular complexity index is 364. The molecule has 0 aliphatic rings. The van der Waals surface area contributed by atoms with E-state index in [0.717, 1.165) is 19.3 Å². The van der Waals surface area contributed by atoms with Crippen LogP contribution < -0.4 is 0 Å². The Balaban J connectivity index is 4.53. The van der Waals surface area contributed by atoms with Crippen molar-refractivity contribution < 1.29 is 19.5 Å². The summed E-state index contributed by atoms with van der Waals surface area (Å²) in [5.41, 5.74) is 0. The van der Waals surface area contributed by atoms with Crippen LogP contribution in [0.4, 0.5) is 0 Å². The minimum Gasteiger partial charge on any atom is -0.377 e. The van der Waals surface area contributed by atoms with Crippen molar-refractivity contribution in [1.29, 1.82) is 0 Å². The first-order chi connectivity index (χ1) is 10.3. The molecule has 3 N–H and O–H groups in total. The molecule has 4 nitrogen and oxygen atoms in total. The van der Waals surface area contributed by atoms with Gasteiger partial charge in [0, 0.05) is 12.3 Å². The Kier molecular flexibility index (Phi) is 11.0. The normalized spacial score (nSPS) is 16.0. The Morgan fingerprint density at radius 1 is 1.05 bits per heavy atom. The van der Waals surface area contributed by atoms with Gasteiger partial charge in [0.05, 0.1) is 0 Å². The number of hydrogen-bond donors (Lipinski definition) is 3. The van der Waals surface area contributed by atoms with Crippen LogP contribution in [-0.4, -0.2) is 20.2 Å². The molecule has 2 atom stereocenters. The van der Waals surface area contributed by atoms with E-state index in [1.165, 1.54) is 31.8 Å². The number of allylic oxidation sites excluding steroid dienone is 1. The van der Waals surface area contributed by atoms with Gasteiger partial charge in [-0.1, -0.05) is 64.0 Å². The first-order valence-corrected chi connectivity index (χ1v) is 9.94. The maximum atomic E-state index is 11.7. The first kappa shape index (κ1) is 21.6. The molecule has 0 aromatic heterocycles. The number of aliphatic hydroxyl groups is 1. The van der Waals surface area contributed by atoms with E-state index >= 15 is 0 Å². The van der Waals surface area contributed by atoms with Gasteiger partial charge in [0.2, 0.25) is 0 Å². The van der Waals surface area contributed by atoms with Gasteiger partial charge in [0.25, 0.3) is 0 Å². The topological polar surface area (TPSA) is 77.8 Å². The number of unbranched alkanes of at least 4 members (excludes halogenated alkanes) is 6. The van der Waals surface area contributed by atoms with Gasteiger partial charge in [-0.25, -0.2) is 0 Å². The Morgan fingerprint density at radius 3 is 2.05 bits per heavy atom. The van der Waals surface area contributed by atoms with Crippen LogP contribution in [0.1, 0.15) is 71.1 Å². The van der Waals surface area contributed by atoms with E-state index in [9.17, 15) is 19.5 Å². The predicted molar refractivity (Wildman–Crippen MR) is 92.7 cm³/mol. The van der Waals surface area contributed by atoms with E-state index in [-0.39, 0.29) is 6.42 Å². The third kappa shape index (κ3) is 7.23. The molecule has 0 aromatic carbocycles. The summed E-state index contributed by atoms with van der Waals surface area (Å²) in [5.74, 6) is -0.487. The molecule has 0 bridgehead atoms. The highest BCUT2D eigenvalue weighted by atomic mass is 31.2. The van der Waals surface area contributed by atoms with Crippen LogP contribution in [0.5, 0.6) is 0 Å². The molecule has 5 heteroatoms. The van der Waals surface area contributed by atoms with Gasteiger partial charge in [0.1, 0.15) is 0 Å². The fraction of sp³-hybridized carbons (Fsp3) is 0.765. The maximum Gasteiger partial charge on any atom is 0.357 e. The Hall–Kier alpha value is -0.410. The highest BCUT2D eigenvalue weighted by molar-refractivity contribution is 7.53. The lowest BCUT2D eigenvalue weighted by molar-refractivity contribution is 0.0325. The van der Waals surface area contributed by atoms with E-state index < -0.39 is 18.9 Å². The largest absolute Gasteiger partial charge is 0.377 e. The first-order valence-electron chi connectivity index (χ1n) is 8.33. The average molecular weight is 332 g/mol. The predicted octanol–water partition coefficient (Wildman–Crippen LogP) is 4.76. The molecule has 0 fully saturated rings. The highest BCUT2D eigenvalue weighted by Crippen LogP contribution is 2.56. The standard InChI is InChI=1S/C17H33O4P/c1-4-7-8-9-10-11-12-14-16(13-5-2)17(18,15-6-3)22(19,20)21/h5-6,16,18H,2-4,7-15H2,1H3,(H2,19,20,21). The third-order valence-electron chi connectivity index (χ3n) is 4.21. The zero-order chi connectivity index (χ0) is 17.1. The molecule has 130 valence electrons. The van der Waals surface area contributed by atoms with Crippen molar-refractivity contribution in [2.24, 2.45) is 5.92 Å². The lowest BCUT2D eigenvalue weighted by atomic mass is 9.89. The summed E-state index contributed by atoms with van der Waals surface area (Å²) < 4.78 is 11.7. The molecule has 0 aliphatic carbocycles. The summed E-state index contributed by atoms with van der Waals surface area (Å²) in [5, 5.41) is 8.51. The van der Waals surface area contributed by atoms with Gasteiger partial charge < -0.3 is 14.9 Å². The third-order valence-corrected chi connectivity index (χ3v) is 5.77. The average Bonchev–Trinajstić information content (AvgIpc) is 2.44. The molecule has 2 unspecified atom stereocenters. The van der Waals surface area contributed by atoms with Crippen LogP contribution in [-0.2, 0) is 4.57 Å². The second-order valence-electron chi connectivity index (χ2n) is 6.05. The van der Waals surface area contributed by atoms with Crippen LogP contribution in [0, 0.1) is 5.92 Å². The molecule has 0 heterocycles. The summed E-state index contributed by atoms with van der Waals surface area (Å²) in [6.45, 7) is 9.34.